The van der Waals surface area contributed by atoms with E-state index in [1.807, 2.05) is 0 Å². The molecule has 0 spiro atoms. The highest BCUT2D eigenvalue weighted by molar-refractivity contribution is 5.72. The minimum Gasteiger partial charge on any atom is -0.396 e. The molecule has 0 radical (unpaired) electrons. The number of aromatic nitrogens is 2. The van der Waals surface area contributed by atoms with Gasteiger partial charge in [0, 0.05) is 18.6 Å². The van der Waals surface area contributed by atoms with Crippen molar-refractivity contribution in [2.45, 2.75) is 0 Å². The average molecular weight is 174 g/mol. The molecule has 0 saturated carbocycles. The van der Waals surface area contributed by atoms with Gasteiger partial charge in [-0.25, -0.2) is 0 Å². The van der Waals surface area contributed by atoms with Crippen molar-refractivity contribution in [1.82, 2.24) is 9.97 Å². The van der Waals surface area contributed by atoms with E-state index in [0.29, 0.717) is 11.4 Å². The van der Waals surface area contributed by atoms with Gasteiger partial charge in [0.05, 0.1) is 18.1 Å². The Morgan fingerprint density at radius 1 is 1.54 bits per heavy atom. The predicted molar refractivity (Wildman–Crippen MR) is 52.9 cm³/mol. The fourth-order valence-electron chi connectivity index (χ4n) is 0.698. The number of hydrogen-bond acceptors (Lipinski definition) is 4. The van der Waals surface area contributed by atoms with Crippen LogP contribution in [0.5, 0.6) is 0 Å². The summed E-state index contributed by atoms with van der Waals surface area (Å²) in [6, 6.07) is 0. The Morgan fingerprint density at radius 2 is 2.38 bits per heavy atom. The molecule has 1 aromatic heterocycles. The normalized spacial score (nSPS) is 11.8. The zero-order chi connectivity index (χ0) is 9.52. The van der Waals surface area contributed by atoms with Gasteiger partial charge < -0.3 is 5.73 Å². The van der Waals surface area contributed by atoms with Crippen molar-refractivity contribution in [3.8, 4) is 0 Å². The molecule has 0 aliphatic carbocycles. The van der Waals surface area contributed by atoms with Crippen LogP contribution in [0.15, 0.2) is 42.4 Å². The Bertz CT molecular complexity index is 327. The molecule has 0 fully saturated rings. The smallest absolute Gasteiger partial charge is 0.106 e. The Labute approximate surface area is 76.6 Å². The summed E-state index contributed by atoms with van der Waals surface area (Å²) in [5, 5.41) is 0. The van der Waals surface area contributed by atoms with Crippen LogP contribution in [0.4, 0.5) is 0 Å². The van der Waals surface area contributed by atoms with Crippen LogP contribution in [0, 0.1) is 0 Å². The lowest BCUT2D eigenvalue weighted by Crippen LogP contribution is -1.98. The molecule has 13 heavy (non-hydrogen) atoms. The van der Waals surface area contributed by atoms with E-state index in [4.69, 9.17) is 5.73 Å². The third kappa shape index (κ3) is 2.86. The van der Waals surface area contributed by atoms with Gasteiger partial charge in [0.1, 0.15) is 5.69 Å². The number of allylic oxidation sites excluding steroid dienone is 1. The molecule has 4 nitrogen and oxygen atoms in total. The van der Waals surface area contributed by atoms with Gasteiger partial charge in [0.25, 0.3) is 0 Å². The van der Waals surface area contributed by atoms with Crippen molar-refractivity contribution < 1.29 is 0 Å². The summed E-state index contributed by atoms with van der Waals surface area (Å²) in [6.45, 7) is 3.48. The topological polar surface area (TPSA) is 64.2 Å². The molecule has 0 bridgehead atoms. The van der Waals surface area contributed by atoms with Gasteiger partial charge in [-0.05, 0) is 0 Å². The van der Waals surface area contributed by atoms with E-state index >= 15 is 0 Å². The predicted octanol–water partition coefficient (Wildman–Crippen LogP) is 0.991. The van der Waals surface area contributed by atoms with E-state index in [2.05, 4.69) is 21.5 Å². The molecule has 1 heterocycles. The lowest BCUT2D eigenvalue weighted by molar-refractivity contribution is 1.15. The zero-order valence-corrected chi connectivity index (χ0v) is 7.09. The summed E-state index contributed by atoms with van der Waals surface area (Å²) >= 11 is 0. The summed E-state index contributed by atoms with van der Waals surface area (Å²) in [6.07, 6.45) is 9.36. The van der Waals surface area contributed by atoms with Crippen molar-refractivity contribution in [1.29, 1.82) is 0 Å². The van der Waals surface area contributed by atoms with Gasteiger partial charge in [0.2, 0.25) is 0 Å². The number of nitrogens with zero attached hydrogens (tertiary/aromatic N) is 3. The molecular weight excluding hydrogens is 164 g/mol. The summed E-state index contributed by atoms with van der Waals surface area (Å²) in [4.78, 5) is 11.7. The maximum Gasteiger partial charge on any atom is 0.106 e. The highest BCUT2D eigenvalue weighted by Gasteiger charge is 1.94. The molecule has 0 saturated heterocycles. The monoisotopic (exact) mass is 174 g/mol. The number of aliphatic imine (C=N–C) groups is 1. The third-order valence-electron chi connectivity index (χ3n) is 1.26. The maximum atomic E-state index is 5.65. The highest BCUT2D eigenvalue weighted by Crippen LogP contribution is 2.01. The van der Waals surface area contributed by atoms with Gasteiger partial charge in [-0.15, -0.1) is 0 Å². The Hall–Kier alpha value is -1.97. The van der Waals surface area contributed by atoms with Crippen LogP contribution in [0.2, 0.25) is 0 Å². The Kier molecular flexibility index (Phi) is 3.38. The largest absolute Gasteiger partial charge is 0.396 e. The minimum atomic E-state index is 0.478. The molecule has 1 aromatic rings. The molecule has 2 N–H and O–H groups in total. The summed E-state index contributed by atoms with van der Waals surface area (Å²) in [5.74, 6) is 0. The molecule has 66 valence electrons. The third-order valence-corrected chi connectivity index (χ3v) is 1.26. The fraction of sp³-hybridized carbons (Fsp3) is 0. The first-order valence-corrected chi connectivity index (χ1v) is 3.71. The van der Waals surface area contributed by atoms with Gasteiger partial charge in [-0.1, -0.05) is 12.7 Å². The molecule has 0 amide bonds. The van der Waals surface area contributed by atoms with E-state index in [-0.39, 0.29) is 0 Å². The SMILES string of the molecule is C=CC=N/C=C(\N)c1cnccn1. The van der Waals surface area contributed by atoms with E-state index < -0.39 is 0 Å². The molecule has 0 aromatic carbocycles. The van der Waals surface area contributed by atoms with Gasteiger partial charge in [0.15, 0.2) is 0 Å². The van der Waals surface area contributed by atoms with Crippen LogP contribution in [0.3, 0.4) is 0 Å². The molecule has 0 atom stereocenters. The second-order valence-corrected chi connectivity index (χ2v) is 2.21. The quantitative estimate of drug-likeness (QED) is 0.695. The van der Waals surface area contributed by atoms with Crippen LogP contribution in [-0.4, -0.2) is 16.2 Å². The van der Waals surface area contributed by atoms with Gasteiger partial charge >= 0.3 is 0 Å². The lowest BCUT2D eigenvalue weighted by atomic mass is 10.3. The van der Waals surface area contributed by atoms with E-state index in [1.165, 1.54) is 6.20 Å². The molecule has 0 aliphatic rings. The Morgan fingerprint density at radius 3 is 3.00 bits per heavy atom. The van der Waals surface area contributed by atoms with E-state index in [1.54, 1.807) is 30.9 Å². The van der Waals surface area contributed by atoms with E-state index in [0.717, 1.165) is 0 Å². The first-order valence-electron chi connectivity index (χ1n) is 3.71. The van der Waals surface area contributed by atoms with Crippen molar-refractivity contribution in [2.75, 3.05) is 0 Å². The van der Waals surface area contributed by atoms with Crippen LogP contribution in [0.1, 0.15) is 5.69 Å². The fourth-order valence-corrected chi connectivity index (χ4v) is 0.698. The van der Waals surface area contributed by atoms with Crippen molar-refractivity contribution in [3.63, 3.8) is 0 Å². The first-order chi connectivity index (χ1) is 6.34. The molecule has 0 aliphatic heterocycles. The number of rotatable bonds is 3. The van der Waals surface area contributed by atoms with Gasteiger partial charge in [-0.3, -0.25) is 15.0 Å². The lowest BCUT2D eigenvalue weighted by Gasteiger charge is -1.95. The number of hydrogen-bond donors (Lipinski definition) is 1. The van der Waals surface area contributed by atoms with Crippen molar-refractivity contribution in [2.24, 2.45) is 10.7 Å². The summed E-state index contributed by atoms with van der Waals surface area (Å²) in [7, 11) is 0. The zero-order valence-electron chi connectivity index (χ0n) is 7.09. The van der Waals surface area contributed by atoms with E-state index in [9.17, 15) is 0 Å². The van der Waals surface area contributed by atoms with Crippen LogP contribution in [-0.2, 0) is 0 Å². The first kappa shape index (κ1) is 9.12. The van der Waals surface area contributed by atoms with Crippen LogP contribution >= 0.6 is 0 Å². The average Bonchev–Trinajstić information content (AvgIpc) is 2.19. The van der Waals surface area contributed by atoms with Crippen molar-refractivity contribution >= 4 is 11.9 Å². The maximum absolute atomic E-state index is 5.65. The second kappa shape index (κ2) is 4.82. The van der Waals surface area contributed by atoms with Crippen LogP contribution in [0.25, 0.3) is 5.70 Å². The molecule has 0 unspecified atom stereocenters. The second-order valence-electron chi connectivity index (χ2n) is 2.21. The highest BCUT2D eigenvalue weighted by atomic mass is 14.8. The molecular formula is C9H10N4. The molecule has 1 rings (SSSR count). The standard InChI is InChI=1S/C9H10N4/c1-2-3-11-6-8(10)9-7-12-4-5-13-9/h2-7H,1,10H2/b8-6-,11-3?. The summed E-state index contributed by atoms with van der Waals surface area (Å²) in [5.41, 5.74) is 6.74. The summed E-state index contributed by atoms with van der Waals surface area (Å²) < 4.78 is 0. The van der Waals surface area contributed by atoms with Gasteiger partial charge in [-0.2, -0.15) is 0 Å². The van der Waals surface area contributed by atoms with Crippen LogP contribution < -0.4 is 5.73 Å². The Balaban J connectivity index is 2.79. The van der Waals surface area contributed by atoms with Crippen molar-refractivity contribution in [3.05, 3.63) is 43.1 Å². The minimum absolute atomic E-state index is 0.478. The molecule has 4 heteroatoms. The number of nitrogens with two attached hydrogens (primary N) is 1.